The molecule has 0 bridgehead atoms. The predicted molar refractivity (Wildman–Crippen MR) is 84.2 cm³/mol. The second-order valence-corrected chi connectivity index (χ2v) is 6.73. The fourth-order valence-electron chi connectivity index (χ4n) is 3.34. The SMILES string of the molecule is OCC1(NCc2cccc(CC3CCC3)c2)CCOCC1. The summed E-state index contributed by atoms with van der Waals surface area (Å²) in [6, 6.07) is 8.93. The lowest BCUT2D eigenvalue weighted by atomic mass is 9.81. The van der Waals surface area contributed by atoms with E-state index in [1.165, 1.54) is 36.8 Å². The summed E-state index contributed by atoms with van der Waals surface area (Å²) in [5.41, 5.74) is 2.64. The third kappa shape index (κ3) is 3.85. The minimum Gasteiger partial charge on any atom is -0.394 e. The highest BCUT2D eigenvalue weighted by atomic mass is 16.5. The molecule has 116 valence electrons. The van der Waals surface area contributed by atoms with E-state index in [0.717, 1.165) is 38.5 Å². The van der Waals surface area contributed by atoms with Gasteiger partial charge in [-0.15, -0.1) is 0 Å². The number of ether oxygens (including phenoxy) is 1. The number of aliphatic hydroxyl groups excluding tert-OH is 1. The van der Waals surface area contributed by atoms with E-state index in [4.69, 9.17) is 4.74 Å². The van der Waals surface area contributed by atoms with E-state index >= 15 is 0 Å². The Bertz CT molecular complexity index is 450. The van der Waals surface area contributed by atoms with Crippen LogP contribution in [-0.4, -0.2) is 30.5 Å². The minimum atomic E-state index is -0.151. The van der Waals surface area contributed by atoms with Crippen molar-refractivity contribution in [3.8, 4) is 0 Å². The normalized spacial score (nSPS) is 22.0. The third-order valence-corrected chi connectivity index (χ3v) is 5.16. The first-order valence-electron chi connectivity index (χ1n) is 8.31. The molecule has 2 fully saturated rings. The van der Waals surface area contributed by atoms with Gasteiger partial charge in [0.25, 0.3) is 0 Å². The molecule has 2 aliphatic rings. The predicted octanol–water partition coefficient (Wildman–Crippen LogP) is 2.66. The fraction of sp³-hybridized carbons (Fsp3) is 0.667. The summed E-state index contributed by atoms with van der Waals surface area (Å²) in [6.07, 6.45) is 7.22. The molecule has 0 radical (unpaired) electrons. The van der Waals surface area contributed by atoms with Crippen molar-refractivity contribution < 1.29 is 9.84 Å². The van der Waals surface area contributed by atoms with E-state index in [1.54, 1.807) is 0 Å². The van der Waals surface area contributed by atoms with Gasteiger partial charge in [-0.25, -0.2) is 0 Å². The molecule has 0 atom stereocenters. The molecule has 21 heavy (non-hydrogen) atoms. The van der Waals surface area contributed by atoms with Crippen LogP contribution in [0.4, 0.5) is 0 Å². The second kappa shape index (κ2) is 6.91. The number of aliphatic hydroxyl groups is 1. The molecule has 0 unspecified atom stereocenters. The van der Waals surface area contributed by atoms with E-state index in [-0.39, 0.29) is 12.1 Å². The van der Waals surface area contributed by atoms with E-state index in [0.29, 0.717) is 0 Å². The maximum Gasteiger partial charge on any atom is 0.0615 e. The van der Waals surface area contributed by atoms with Crippen LogP contribution in [0.25, 0.3) is 0 Å². The Balaban J connectivity index is 1.57. The molecule has 2 N–H and O–H groups in total. The number of hydrogen-bond donors (Lipinski definition) is 2. The van der Waals surface area contributed by atoms with Crippen LogP contribution < -0.4 is 5.32 Å². The van der Waals surface area contributed by atoms with Crippen molar-refractivity contribution in [2.75, 3.05) is 19.8 Å². The molecule has 3 heteroatoms. The molecule has 1 aliphatic heterocycles. The van der Waals surface area contributed by atoms with E-state index < -0.39 is 0 Å². The van der Waals surface area contributed by atoms with Gasteiger partial charge in [0.15, 0.2) is 0 Å². The van der Waals surface area contributed by atoms with Crippen LogP contribution in [-0.2, 0) is 17.7 Å². The van der Waals surface area contributed by atoms with Crippen LogP contribution in [0.1, 0.15) is 43.2 Å². The first kappa shape index (κ1) is 15.0. The largest absolute Gasteiger partial charge is 0.394 e. The highest BCUT2D eigenvalue weighted by Gasteiger charge is 2.31. The van der Waals surface area contributed by atoms with Crippen LogP contribution in [0.3, 0.4) is 0 Å². The van der Waals surface area contributed by atoms with Crippen LogP contribution in [0.2, 0.25) is 0 Å². The summed E-state index contributed by atoms with van der Waals surface area (Å²) in [5, 5.41) is 13.3. The zero-order valence-corrected chi connectivity index (χ0v) is 12.8. The molecule has 0 aromatic heterocycles. The maximum absolute atomic E-state index is 9.71. The lowest BCUT2D eigenvalue weighted by molar-refractivity contribution is 0.0111. The average Bonchev–Trinajstić information content (AvgIpc) is 2.50. The monoisotopic (exact) mass is 289 g/mol. The summed E-state index contributed by atoms with van der Waals surface area (Å²) in [6.45, 7) is 2.52. The lowest BCUT2D eigenvalue weighted by Crippen LogP contribution is -2.51. The minimum absolute atomic E-state index is 0.151. The summed E-state index contributed by atoms with van der Waals surface area (Å²) in [5.74, 6) is 0.910. The standard InChI is InChI=1S/C18H27NO2/c20-14-18(7-9-21-10-8-18)19-13-17-6-2-5-16(12-17)11-15-3-1-4-15/h2,5-6,12,15,19-20H,1,3-4,7-11,13-14H2. The Labute approximate surface area is 127 Å². The van der Waals surface area contributed by atoms with Gasteiger partial charge in [-0.3, -0.25) is 0 Å². The summed E-state index contributed by atoms with van der Waals surface area (Å²) < 4.78 is 5.41. The molecule has 1 heterocycles. The van der Waals surface area contributed by atoms with Gasteiger partial charge >= 0.3 is 0 Å². The van der Waals surface area contributed by atoms with Gasteiger partial charge < -0.3 is 15.2 Å². The quantitative estimate of drug-likeness (QED) is 0.846. The molecular weight excluding hydrogens is 262 g/mol. The van der Waals surface area contributed by atoms with Gasteiger partial charge in [0.05, 0.1) is 6.61 Å². The molecule has 1 saturated heterocycles. The second-order valence-electron chi connectivity index (χ2n) is 6.73. The van der Waals surface area contributed by atoms with Crippen molar-refractivity contribution in [1.29, 1.82) is 0 Å². The first-order chi connectivity index (χ1) is 10.3. The van der Waals surface area contributed by atoms with Crippen LogP contribution in [0.5, 0.6) is 0 Å². The Kier molecular flexibility index (Phi) is 4.94. The Morgan fingerprint density at radius 1 is 1.19 bits per heavy atom. The van der Waals surface area contributed by atoms with E-state index in [1.807, 2.05) is 0 Å². The van der Waals surface area contributed by atoms with Crippen molar-refractivity contribution in [2.24, 2.45) is 5.92 Å². The maximum atomic E-state index is 9.71. The average molecular weight is 289 g/mol. The van der Waals surface area contributed by atoms with Gasteiger partial charge in [-0.1, -0.05) is 43.5 Å². The van der Waals surface area contributed by atoms with E-state index in [2.05, 4.69) is 29.6 Å². The van der Waals surface area contributed by atoms with Gasteiger partial charge in [-0.05, 0) is 36.3 Å². The molecule has 3 nitrogen and oxygen atoms in total. The Morgan fingerprint density at radius 2 is 1.95 bits per heavy atom. The third-order valence-electron chi connectivity index (χ3n) is 5.16. The molecule has 1 saturated carbocycles. The molecular formula is C18H27NO2. The van der Waals surface area contributed by atoms with Crippen LogP contribution >= 0.6 is 0 Å². The lowest BCUT2D eigenvalue weighted by Gasteiger charge is -2.36. The summed E-state index contributed by atoms with van der Waals surface area (Å²) in [7, 11) is 0. The fourth-order valence-corrected chi connectivity index (χ4v) is 3.34. The molecule has 0 spiro atoms. The van der Waals surface area contributed by atoms with Crippen LogP contribution in [0, 0.1) is 5.92 Å². The van der Waals surface area contributed by atoms with Gasteiger partial charge in [0.2, 0.25) is 0 Å². The smallest absolute Gasteiger partial charge is 0.0615 e. The first-order valence-corrected chi connectivity index (χ1v) is 8.31. The van der Waals surface area contributed by atoms with Gasteiger partial charge in [-0.2, -0.15) is 0 Å². The zero-order valence-electron chi connectivity index (χ0n) is 12.8. The van der Waals surface area contributed by atoms with Crippen molar-refractivity contribution >= 4 is 0 Å². The number of benzene rings is 1. The van der Waals surface area contributed by atoms with Crippen molar-refractivity contribution in [3.05, 3.63) is 35.4 Å². The Morgan fingerprint density at radius 3 is 2.62 bits per heavy atom. The van der Waals surface area contributed by atoms with E-state index in [9.17, 15) is 5.11 Å². The van der Waals surface area contributed by atoms with Crippen molar-refractivity contribution in [2.45, 2.75) is 50.6 Å². The highest BCUT2D eigenvalue weighted by Crippen LogP contribution is 2.30. The molecule has 1 aromatic rings. The van der Waals surface area contributed by atoms with Gasteiger partial charge in [0, 0.05) is 25.3 Å². The van der Waals surface area contributed by atoms with Gasteiger partial charge in [0.1, 0.15) is 0 Å². The molecule has 1 aliphatic carbocycles. The Hall–Kier alpha value is -0.900. The number of nitrogens with one attached hydrogen (secondary N) is 1. The number of rotatable bonds is 6. The summed E-state index contributed by atoms with van der Waals surface area (Å²) >= 11 is 0. The number of hydrogen-bond acceptors (Lipinski definition) is 3. The molecule has 3 rings (SSSR count). The topological polar surface area (TPSA) is 41.5 Å². The van der Waals surface area contributed by atoms with Crippen molar-refractivity contribution in [3.63, 3.8) is 0 Å². The molecule has 1 aromatic carbocycles. The highest BCUT2D eigenvalue weighted by molar-refractivity contribution is 5.24. The summed E-state index contributed by atoms with van der Waals surface area (Å²) in [4.78, 5) is 0. The van der Waals surface area contributed by atoms with Crippen LogP contribution in [0.15, 0.2) is 24.3 Å². The molecule has 0 amide bonds. The van der Waals surface area contributed by atoms with Crippen molar-refractivity contribution in [1.82, 2.24) is 5.32 Å². The zero-order chi connectivity index (χ0) is 14.5.